The molecule has 0 aliphatic rings. The third-order valence-corrected chi connectivity index (χ3v) is 2.77. The van der Waals surface area contributed by atoms with Gasteiger partial charge in [0.2, 0.25) is 5.91 Å². The minimum atomic E-state index is -0.396. The molecule has 1 amide bonds. The smallest absolute Gasteiger partial charge is 0.337 e. The van der Waals surface area contributed by atoms with Gasteiger partial charge in [0.1, 0.15) is 0 Å². The van der Waals surface area contributed by atoms with Gasteiger partial charge in [0.05, 0.1) is 18.8 Å². The molecule has 1 aromatic rings. The molecule has 0 saturated heterocycles. The number of carbonyl (C=O) groups is 2. The van der Waals surface area contributed by atoms with Gasteiger partial charge in [0.15, 0.2) is 0 Å². The first kappa shape index (κ1) is 15.2. The SMILES string of the molecule is COC(=O)c1ccc(NC(=O)CCC(C)OC)cc1. The van der Waals surface area contributed by atoms with Crippen LogP contribution in [-0.2, 0) is 14.3 Å². The standard InChI is InChI=1S/C14H19NO4/c1-10(18-2)4-9-13(16)15-12-7-5-11(6-8-12)14(17)19-3/h5-8,10H,4,9H2,1-3H3,(H,15,16). The first-order valence-corrected chi connectivity index (χ1v) is 6.08. The molecule has 0 radical (unpaired) electrons. The van der Waals surface area contributed by atoms with Crippen molar-refractivity contribution in [3.63, 3.8) is 0 Å². The quantitative estimate of drug-likeness (QED) is 0.801. The van der Waals surface area contributed by atoms with Crippen LogP contribution in [0.5, 0.6) is 0 Å². The Morgan fingerprint density at radius 3 is 2.37 bits per heavy atom. The average molecular weight is 265 g/mol. The molecule has 1 atom stereocenters. The van der Waals surface area contributed by atoms with E-state index in [0.717, 1.165) is 0 Å². The molecule has 0 fully saturated rings. The van der Waals surface area contributed by atoms with Crippen molar-refractivity contribution in [2.75, 3.05) is 19.5 Å². The van der Waals surface area contributed by atoms with Gasteiger partial charge < -0.3 is 14.8 Å². The fourth-order valence-corrected chi connectivity index (χ4v) is 1.48. The Morgan fingerprint density at radius 2 is 1.84 bits per heavy atom. The minimum Gasteiger partial charge on any atom is -0.465 e. The molecule has 104 valence electrons. The molecule has 5 nitrogen and oxygen atoms in total. The zero-order chi connectivity index (χ0) is 14.3. The van der Waals surface area contributed by atoms with Crippen LogP contribution in [0.15, 0.2) is 24.3 Å². The summed E-state index contributed by atoms with van der Waals surface area (Å²) >= 11 is 0. The number of nitrogens with one attached hydrogen (secondary N) is 1. The van der Waals surface area contributed by atoms with E-state index >= 15 is 0 Å². The lowest BCUT2D eigenvalue weighted by molar-refractivity contribution is -0.116. The van der Waals surface area contributed by atoms with Gasteiger partial charge in [0.25, 0.3) is 0 Å². The number of benzene rings is 1. The molecule has 1 rings (SSSR count). The Labute approximate surface area is 112 Å². The van der Waals surface area contributed by atoms with Crippen LogP contribution in [0.4, 0.5) is 5.69 Å². The predicted octanol–water partition coefficient (Wildman–Crippen LogP) is 2.23. The van der Waals surface area contributed by atoms with E-state index < -0.39 is 5.97 Å². The monoisotopic (exact) mass is 265 g/mol. The van der Waals surface area contributed by atoms with Crippen LogP contribution in [0.1, 0.15) is 30.1 Å². The second-order valence-corrected chi connectivity index (χ2v) is 4.20. The largest absolute Gasteiger partial charge is 0.465 e. The van der Waals surface area contributed by atoms with Crippen LogP contribution < -0.4 is 5.32 Å². The Bertz CT molecular complexity index is 428. The van der Waals surface area contributed by atoms with Gasteiger partial charge in [-0.1, -0.05) is 0 Å². The van der Waals surface area contributed by atoms with E-state index in [4.69, 9.17) is 4.74 Å². The van der Waals surface area contributed by atoms with Crippen LogP contribution in [0.3, 0.4) is 0 Å². The van der Waals surface area contributed by atoms with Gasteiger partial charge in [0, 0.05) is 19.2 Å². The van der Waals surface area contributed by atoms with Gasteiger partial charge in [-0.25, -0.2) is 4.79 Å². The highest BCUT2D eigenvalue weighted by molar-refractivity contribution is 5.93. The molecule has 1 unspecified atom stereocenters. The van der Waals surface area contributed by atoms with Crippen molar-refractivity contribution in [3.05, 3.63) is 29.8 Å². The summed E-state index contributed by atoms with van der Waals surface area (Å²) in [7, 11) is 2.95. The fraction of sp³-hybridized carbons (Fsp3) is 0.429. The number of carbonyl (C=O) groups excluding carboxylic acids is 2. The number of ether oxygens (including phenoxy) is 2. The molecule has 1 aromatic carbocycles. The molecule has 0 saturated carbocycles. The number of anilines is 1. The summed E-state index contributed by atoms with van der Waals surface area (Å²) in [6.07, 6.45) is 1.13. The van der Waals surface area contributed by atoms with Gasteiger partial charge in [-0.05, 0) is 37.6 Å². The molecular weight excluding hydrogens is 246 g/mol. The molecular formula is C14H19NO4. The average Bonchev–Trinajstić information content (AvgIpc) is 2.44. The zero-order valence-corrected chi connectivity index (χ0v) is 11.4. The molecule has 5 heteroatoms. The molecule has 19 heavy (non-hydrogen) atoms. The summed E-state index contributed by atoms with van der Waals surface area (Å²) in [6, 6.07) is 6.56. The summed E-state index contributed by atoms with van der Waals surface area (Å²) in [5.74, 6) is -0.471. The Balaban J connectivity index is 2.49. The highest BCUT2D eigenvalue weighted by Crippen LogP contribution is 2.11. The Hall–Kier alpha value is -1.88. The maximum Gasteiger partial charge on any atom is 0.337 e. The van der Waals surface area contributed by atoms with Crippen molar-refractivity contribution in [1.29, 1.82) is 0 Å². The van der Waals surface area contributed by atoms with Crippen LogP contribution in [0.2, 0.25) is 0 Å². The van der Waals surface area contributed by atoms with Gasteiger partial charge >= 0.3 is 5.97 Å². The van der Waals surface area contributed by atoms with E-state index in [2.05, 4.69) is 10.1 Å². The minimum absolute atomic E-state index is 0.0625. The van der Waals surface area contributed by atoms with Crippen molar-refractivity contribution in [3.8, 4) is 0 Å². The summed E-state index contributed by atoms with van der Waals surface area (Å²) in [4.78, 5) is 22.9. The van der Waals surface area contributed by atoms with Crippen LogP contribution in [0.25, 0.3) is 0 Å². The number of amides is 1. The highest BCUT2D eigenvalue weighted by atomic mass is 16.5. The molecule has 0 heterocycles. The fourth-order valence-electron chi connectivity index (χ4n) is 1.48. The molecule has 0 bridgehead atoms. The molecule has 0 aromatic heterocycles. The summed E-state index contributed by atoms with van der Waals surface area (Å²) in [6.45, 7) is 1.92. The maximum absolute atomic E-state index is 11.6. The third kappa shape index (κ3) is 5.09. The second-order valence-electron chi connectivity index (χ2n) is 4.20. The van der Waals surface area contributed by atoms with Crippen LogP contribution in [0, 0.1) is 0 Å². The molecule has 0 aliphatic heterocycles. The van der Waals surface area contributed by atoms with Crippen molar-refractivity contribution >= 4 is 17.6 Å². The first-order valence-electron chi connectivity index (χ1n) is 6.08. The Morgan fingerprint density at radius 1 is 1.21 bits per heavy atom. The maximum atomic E-state index is 11.6. The summed E-state index contributed by atoms with van der Waals surface area (Å²) < 4.78 is 9.67. The van der Waals surface area contributed by atoms with E-state index in [-0.39, 0.29) is 12.0 Å². The van der Waals surface area contributed by atoms with Gasteiger partial charge in [-0.15, -0.1) is 0 Å². The number of methoxy groups -OCH3 is 2. The van der Waals surface area contributed by atoms with Crippen molar-refractivity contribution in [2.24, 2.45) is 0 Å². The predicted molar refractivity (Wildman–Crippen MR) is 72.1 cm³/mol. The summed E-state index contributed by atoms with van der Waals surface area (Å²) in [5, 5.41) is 2.76. The van der Waals surface area contributed by atoms with E-state index in [9.17, 15) is 9.59 Å². The van der Waals surface area contributed by atoms with Crippen molar-refractivity contribution in [2.45, 2.75) is 25.9 Å². The van der Waals surface area contributed by atoms with Gasteiger partial charge in [-0.3, -0.25) is 4.79 Å². The normalized spacial score (nSPS) is 11.7. The number of rotatable bonds is 6. The number of hydrogen-bond donors (Lipinski definition) is 1. The first-order chi connectivity index (χ1) is 9.06. The lowest BCUT2D eigenvalue weighted by Crippen LogP contribution is -2.15. The van der Waals surface area contributed by atoms with Crippen LogP contribution in [-0.4, -0.2) is 32.2 Å². The van der Waals surface area contributed by atoms with E-state index in [1.165, 1.54) is 7.11 Å². The van der Waals surface area contributed by atoms with E-state index in [1.54, 1.807) is 31.4 Å². The van der Waals surface area contributed by atoms with E-state index in [0.29, 0.717) is 24.1 Å². The summed E-state index contributed by atoms with van der Waals surface area (Å²) in [5.41, 5.74) is 1.11. The van der Waals surface area contributed by atoms with Crippen molar-refractivity contribution in [1.82, 2.24) is 0 Å². The Kier molecular flexibility index (Phi) is 6.02. The lowest BCUT2D eigenvalue weighted by Gasteiger charge is -2.09. The van der Waals surface area contributed by atoms with Gasteiger partial charge in [-0.2, -0.15) is 0 Å². The number of hydrogen-bond acceptors (Lipinski definition) is 4. The second kappa shape index (κ2) is 7.53. The van der Waals surface area contributed by atoms with Crippen molar-refractivity contribution < 1.29 is 19.1 Å². The topological polar surface area (TPSA) is 64.6 Å². The third-order valence-electron chi connectivity index (χ3n) is 2.77. The molecule has 1 N–H and O–H groups in total. The number of esters is 1. The zero-order valence-electron chi connectivity index (χ0n) is 11.4. The molecule has 0 spiro atoms. The lowest BCUT2D eigenvalue weighted by atomic mass is 10.2. The highest BCUT2D eigenvalue weighted by Gasteiger charge is 2.08. The molecule has 0 aliphatic carbocycles. The van der Waals surface area contributed by atoms with Crippen LogP contribution >= 0.6 is 0 Å². The van der Waals surface area contributed by atoms with E-state index in [1.807, 2.05) is 6.92 Å².